The van der Waals surface area contributed by atoms with Crippen molar-refractivity contribution in [1.29, 1.82) is 0 Å². The fraction of sp³-hybridized carbons (Fsp3) is 0.143. The Hall–Kier alpha value is -3.94. The minimum atomic E-state index is -0.498. The second-order valence-electron chi connectivity index (χ2n) is 6.46. The van der Waals surface area contributed by atoms with Crippen molar-refractivity contribution in [2.45, 2.75) is 6.54 Å². The Morgan fingerprint density at radius 2 is 1.90 bits per heavy atom. The van der Waals surface area contributed by atoms with Crippen molar-refractivity contribution >= 4 is 17.3 Å². The Kier molecular flexibility index (Phi) is 6.03. The molecule has 3 rings (SSSR count). The van der Waals surface area contributed by atoms with Gasteiger partial charge in [0.15, 0.2) is 0 Å². The normalized spacial score (nSPS) is 10.3. The number of hydrogen-bond acceptors (Lipinski definition) is 6. The Morgan fingerprint density at radius 3 is 2.59 bits per heavy atom. The zero-order chi connectivity index (χ0) is 20.8. The number of carbonyl (C=O) groups excluding carboxylic acids is 1. The van der Waals surface area contributed by atoms with E-state index in [9.17, 15) is 14.9 Å². The van der Waals surface area contributed by atoms with E-state index < -0.39 is 10.8 Å². The Bertz CT molecular complexity index is 1020. The lowest BCUT2D eigenvalue weighted by atomic mass is 10.1. The summed E-state index contributed by atoms with van der Waals surface area (Å²) >= 11 is 0. The number of aromatic nitrogens is 1. The molecule has 0 aliphatic rings. The number of hydrogen-bond donors (Lipinski definition) is 1. The van der Waals surface area contributed by atoms with Gasteiger partial charge in [0.2, 0.25) is 5.88 Å². The number of nitrogens with one attached hydrogen (secondary N) is 1. The lowest BCUT2D eigenvalue weighted by molar-refractivity contribution is -0.384. The van der Waals surface area contributed by atoms with Crippen LogP contribution in [0.4, 0.5) is 11.4 Å². The number of ether oxygens (including phenoxy) is 1. The zero-order valence-electron chi connectivity index (χ0n) is 16.0. The summed E-state index contributed by atoms with van der Waals surface area (Å²) in [4.78, 5) is 29.0. The van der Waals surface area contributed by atoms with Crippen LogP contribution < -0.4 is 15.0 Å². The molecule has 1 heterocycles. The van der Waals surface area contributed by atoms with Gasteiger partial charge in [0.05, 0.1) is 4.92 Å². The van der Waals surface area contributed by atoms with Crippen LogP contribution in [-0.2, 0) is 6.54 Å². The van der Waals surface area contributed by atoms with Crippen LogP contribution in [0.3, 0.4) is 0 Å². The van der Waals surface area contributed by atoms with E-state index in [0.717, 1.165) is 5.56 Å². The first-order valence-electron chi connectivity index (χ1n) is 8.86. The molecule has 0 atom stereocenters. The second kappa shape index (κ2) is 8.83. The molecule has 148 valence electrons. The third-order valence-corrected chi connectivity index (χ3v) is 4.13. The van der Waals surface area contributed by atoms with Gasteiger partial charge in [0.1, 0.15) is 11.4 Å². The van der Waals surface area contributed by atoms with Crippen molar-refractivity contribution in [3.05, 3.63) is 88.1 Å². The van der Waals surface area contributed by atoms with Crippen molar-refractivity contribution in [3.63, 3.8) is 0 Å². The summed E-state index contributed by atoms with van der Waals surface area (Å²) in [6, 6.07) is 17.1. The quantitative estimate of drug-likeness (QED) is 0.485. The SMILES string of the molecule is CN(C)c1ccc(C(=O)NCc2ccnc(Oc3ccccc3)c2)cc1[N+](=O)[O-]. The standard InChI is InChI=1S/C21H20N4O4/c1-24(2)18-9-8-16(13-19(18)25(27)28)21(26)23-14-15-10-11-22-20(12-15)29-17-6-4-3-5-7-17/h3-13H,14H2,1-2H3,(H,23,26). The molecule has 0 radical (unpaired) electrons. The summed E-state index contributed by atoms with van der Waals surface area (Å²) in [5.41, 5.74) is 1.32. The molecule has 0 spiro atoms. The topological polar surface area (TPSA) is 97.6 Å². The first-order valence-corrected chi connectivity index (χ1v) is 8.86. The van der Waals surface area contributed by atoms with Gasteiger partial charge < -0.3 is 15.0 Å². The highest BCUT2D eigenvalue weighted by atomic mass is 16.6. The first kappa shape index (κ1) is 19.8. The van der Waals surface area contributed by atoms with E-state index in [1.54, 1.807) is 49.5 Å². The number of nitro groups is 1. The largest absolute Gasteiger partial charge is 0.439 e. The third-order valence-electron chi connectivity index (χ3n) is 4.13. The van der Waals surface area contributed by atoms with E-state index in [-0.39, 0.29) is 17.8 Å². The molecule has 0 bridgehead atoms. The smallest absolute Gasteiger partial charge is 0.293 e. The number of para-hydroxylation sites is 1. The van der Waals surface area contributed by atoms with Gasteiger partial charge >= 0.3 is 0 Å². The molecule has 3 aromatic rings. The number of nitrogens with zero attached hydrogens (tertiary/aromatic N) is 3. The van der Waals surface area contributed by atoms with Gasteiger partial charge in [0, 0.05) is 44.5 Å². The molecule has 0 saturated carbocycles. The van der Waals surface area contributed by atoms with E-state index in [0.29, 0.717) is 17.3 Å². The van der Waals surface area contributed by atoms with E-state index in [2.05, 4.69) is 10.3 Å². The predicted molar refractivity (Wildman–Crippen MR) is 109 cm³/mol. The van der Waals surface area contributed by atoms with E-state index in [1.807, 2.05) is 30.3 Å². The highest BCUT2D eigenvalue weighted by Gasteiger charge is 2.18. The summed E-state index contributed by atoms with van der Waals surface area (Å²) < 4.78 is 5.68. The maximum absolute atomic E-state index is 12.5. The molecule has 0 aliphatic heterocycles. The summed E-state index contributed by atoms with van der Waals surface area (Å²) in [6.07, 6.45) is 1.59. The number of rotatable bonds is 7. The Morgan fingerprint density at radius 1 is 1.14 bits per heavy atom. The van der Waals surface area contributed by atoms with Crippen molar-refractivity contribution in [1.82, 2.24) is 10.3 Å². The molecular weight excluding hydrogens is 372 g/mol. The van der Waals surface area contributed by atoms with Crippen LogP contribution in [0.2, 0.25) is 0 Å². The molecule has 1 N–H and O–H groups in total. The van der Waals surface area contributed by atoms with Crippen LogP contribution in [0, 0.1) is 10.1 Å². The summed E-state index contributed by atoms with van der Waals surface area (Å²) in [6.45, 7) is 0.232. The molecule has 1 amide bonds. The molecule has 0 fully saturated rings. The summed E-state index contributed by atoms with van der Waals surface area (Å²) in [7, 11) is 3.42. The molecular formula is C21H20N4O4. The lowest BCUT2D eigenvalue weighted by Gasteiger charge is -2.13. The monoisotopic (exact) mass is 392 g/mol. The van der Waals surface area contributed by atoms with Crippen LogP contribution in [0.1, 0.15) is 15.9 Å². The minimum absolute atomic E-state index is 0.120. The predicted octanol–water partition coefficient (Wildman–Crippen LogP) is 3.78. The molecule has 1 aromatic heterocycles. The van der Waals surface area contributed by atoms with Gasteiger partial charge in [-0.25, -0.2) is 4.98 Å². The molecule has 8 heteroatoms. The number of benzene rings is 2. The number of amides is 1. The highest BCUT2D eigenvalue weighted by molar-refractivity contribution is 5.95. The highest BCUT2D eigenvalue weighted by Crippen LogP contribution is 2.27. The van der Waals surface area contributed by atoms with Crippen LogP contribution in [0.5, 0.6) is 11.6 Å². The number of carbonyl (C=O) groups is 1. The Balaban J connectivity index is 1.69. The summed E-state index contributed by atoms with van der Waals surface area (Å²) in [5.74, 6) is 0.671. The molecule has 2 aromatic carbocycles. The molecule has 0 unspecified atom stereocenters. The Labute approximate surface area is 167 Å². The lowest BCUT2D eigenvalue weighted by Crippen LogP contribution is -2.23. The third kappa shape index (κ3) is 5.07. The molecule has 0 aliphatic carbocycles. The average molecular weight is 392 g/mol. The van der Waals surface area contributed by atoms with Gasteiger partial charge in [-0.2, -0.15) is 0 Å². The van der Waals surface area contributed by atoms with Gasteiger partial charge in [-0.1, -0.05) is 18.2 Å². The molecule has 0 saturated heterocycles. The number of pyridine rings is 1. The fourth-order valence-electron chi connectivity index (χ4n) is 2.70. The molecule has 8 nitrogen and oxygen atoms in total. The van der Waals surface area contributed by atoms with Crippen LogP contribution in [-0.4, -0.2) is 29.9 Å². The minimum Gasteiger partial charge on any atom is -0.439 e. The van der Waals surface area contributed by atoms with Gasteiger partial charge in [-0.15, -0.1) is 0 Å². The van der Waals surface area contributed by atoms with Gasteiger partial charge in [0.25, 0.3) is 11.6 Å². The van der Waals surface area contributed by atoms with Crippen molar-refractivity contribution in [3.8, 4) is 11.6 Å². The van der Waals surface area contributed by atoms with Gasteiger partial charge in [-0.3, -0.25) is 14.9 Å². The zero-order valence-corrected chi connectivity index (χ0v) is 16.0. The average Bonchev–Trinajstić information content (AvgIpc) is 2.72. The van der Waals surface area contributed by atoms with Crippen LogP contribution >= 0.6 is 0 Å². The van der Waals surface area contributed by atoms with Crippen molar-refractivity contribution in [2.75, 3.05) is 19.0 Å². The van der Waals surface area contributed by atoms with E-state index >= 15 is 0 Å². The van der Waals surface area contributed by atoms with Crippen molar-refractivity contribution in [2.24, 2.45) is 0 Å². The van der Waals surface area contributed by atoms with Crippen LogP contribution in [0.15, 0.2) is 66.9 Å². The number of anilines is 1. The first-order chi connectivity index (χ1) is 13.9. The van der Waals surface area contributed by atoms with Gasteiger partial charge in [-0.05, 0) is 35.9 Å². The maximum atomic E-state index is 12.5. The summed E-state index contributed by atoms with van der Waals surface area (Å²) in [5, 5.41) is 14.1. The molecule has 29 heavy (non-hydrogen) atoms. The second-order valence-corrected chi connectivity index (χ2v) is 6.46. The van der Waals surface area contributed by atoms with E-state index in [1.165, 1.54) is 6.07 Å². The maximum Gasteiger partial charge on any atom is 0.293 e. The van der Waals surface area contributed by atoms with Crippen molar-refractivity contribution < 1.29 is 14.5 Å². The number of nitro benzene ring substituents is 1. The van der Waals surface area contributed by atoms with Crippen LogP contribution in [0.25, 0.3) is 0 Å². The van der Waals surface area contributed by atoms with E-state index in [4.69, 9.17) is 4.74 Å². The fourth-order valence-corrected chi connectivity index (χ4v) is 2.70.